The van der Waals surface area contributed by atoms with E-state index in [1.165, 1.54) is 57.8 Å². The molecule has 0 rings (SSSR count). The Bertz CT molecular complexity index is 363. The number of esters is 1. The molecule has 0 aliphatic carbocycles. The second kappa shape index (κ2) is 20.2. The van der Waals surface area contributed by atoms with E-state index in [4.69, 9.17) is 14.9 Å². The molecule has 1 atom stereocenters. The third kappa shape index (κ3) is 19.2. The smallest absolute Gasteiger partial charge is 0.305 e. The van der Waals surface area contributed by atoms with Gasteiger partial charge in [0.2, 0.25) is 0 Å². The van der Waals surface area contributed by atoms with Crippen molar-refractivity contribution in [3.8, 4) is 0 Å². The molecule has 0 amide bonds. The lowest BCUT2D eigenvalue weighted by molar-refractivity contribution is -0.147. The van der Waals surface area contributed by atoms with E-state index >= 15 is 0 Å². The van der Waals surface area contributed by atoms with Gasteiger partial charge in [0.1, 0.15) is 12.7 Å². The highest BCUT2D eigenvalue weighted by molar-refractivity contribution is 5.69. The summed E-state index contributed by atoms with van der Waals surface area (Å²) in [4.78, 5) is 11.4. The van der Waals surface area contributed by atoms with Gasteiger partial charge in [0, 0.05) is 6.42 Å². The average Bonchev–Trinajstić information content (AvgIpc) is 2.65. The van der Waals surface area contributed by atoms with Crippen LogP contribution in [0.4, 0.5) is 0 Å². The fourth-order valence-electron chi connectivity index (χ4n) is 2.60. The molecule has 0 radical (unpaired) electrons. The first-order valence-electron chi connectivity index (χ1n) is 10.5. The summed E-state index contributed by atoms with van der Waals surface area (Å²) in [6, 6.07) is 0. The molecule has 0 aliphatic heterocycles. The van der Waals surface area contributed by atoms with Crippen molar-refractivity contribution < 1.29 is 19.7 Å². The Morgan fingerprint density at radius 1 is 0.885 bits per heavy atom. The molecule has 0 bridgehead atoms. The van der Waals surface area contributed by atoms with Crippen LogP contribution in [0.5, 0.6) is 0 Å². The van der Waals surface area contributed by atoms with E-state index in [1.807, 2.05) is 6.08 Å². The van der Waals surface area contributed by atoms with Crippen LogP contribution in [0.15, 0.2) is 24.3 Å². The number of ether oxygens (including phenoxy) is 1. The number of hydrogen-bond acceptors (Lipinski definition) is 4. The van der Waals surface area contributed by atoms with E-state index in [0.29, 0.717) is 6.42 Å². The van der Waals surface area contributed by atoms with Gasteiger partial charge < -0.3 is 14.9 Å². The largest absolute Gasteiger partial charge is 0.463 e. The SMILES string of the molecule is CCCCCCCCCCC/C=C/C=C/CCCC(=O)OCC(O)CO. The van der Waals surface area contributed by atoms with E-state index in [2.05, 4.69) is 25.2 Å². The third-order valence-electron chi connectivity index (χ3n) is 4.26. The van der Waals surface area contributed by atoms with Gasteiger partial charge >= 0.3 is 5.97 Å². The van der Waals surface area contributed by atoms with E-state index in [-0.39, 0.29) is 19.2 Å². The Kier molecular flexibility index (Phi) is 19.3. The van der Waals surface area contributed by atoms with Crippen molar-refractivity contribution in [2.45, 2.75) is 96.5 Å². The van der Waals surface area contributed by atoms with Crippen molar-refractivity contribution in [1.82, 2.24) is 0 Å². The number of hydrogen-bond donors (Lipinski definition) is 2. The fraction of sp³-hybridized carbons (Fsp3) is 0.773. The summed E-state index contributed by atoms with van der Waals surface area (Å²) >= 11 is 0. The van der Waals surface area contributed by atoms with Gasteiger partial charge in [0.05, 0.1) is 6.61 Å². The zero-order valence-corrected chi connectivity index (χ0v) is 16.7. The molecular weight excluding hydrogens is 328 g/mol. The molecule has 4 heteroatoms. The lowest BCUT2D eigenvalue weighted by atomic mass is 10.1. The molecule has 0 aromatic carbocycles. The molecular formula is C22H40O4. The first-order chi connectivity index (χ1) is 12.7. The van der Waals surface area contributed by atoms with Crippen LogP contribution in [0.25, 0.3) is 0 Å². The summed E-state index contributed by atoms with van der Waals surface area (Å²) in [6.45, 7) is 1.74. The van der Waals surface area contributed by atoms with Gasteiger partial charge in [-0.3, -0.25) is 4.79 Å². The van der Waals surface area contributed by atoms with Gasteiger partial charge in [-0.2, -0.15) is 0 Å². The van der Waals surface area contributed by atoms with Crippen LogP contribution in [0.1, 0.15) is 90.4 Å². The summed E-state index contributed by atoms with van der Waals surface area (Å²) in [7, 11) is 0. The Hall–Kier alpha value is -1.13. The molecule has 0 saturated heterocycles. The number of unbranched alkanes of at least 4 members (excludes halogenated alkanes) is 10. The zero-order valence-electron chi connectivity index (χ0n) is 16.7. The minimum atomic E-state index is -0.977. The molecule has 0 fully saturated rings. The van der Waals surface area contributed by atoms with Crippen LogP contribution >= 0.6 is 0 Å². The van der Waals surface area contributed by atoms with Gasteiger partial charge in [-0.05, 0) is 25.7 Å². The van der Waals surface area contributed by atoms with Gasteiger partial charge in [-0.15, -0.1) is 0 Å². The normalized spacial score (nSPS) is 12.9. The number of aliphatic hydroxyl groups excluding tert-OH is 2. The maximum atomic E-state index is 11.4. The molecule has 0 saturated carbocycles. The monoisotopic (exact) mass is 368 g/mol. The van der Waals surface area contributed by atoms with E-state index < -0.39 is 6.10 Å². The number of carbonyl (C=O) groups excluding carboxylic acids is 1. The molecule has 0 heterocycles. The lowest BCUT2D eigenvalue weighted by Crippen LogP contribution is -2.21. The van der Waals surface area contributed by atoms with Crippen LogP contribution in [0.3, 0.4) is 0 Å². The number of rotatable bonds is 18. The van der Waals surface area contributed by atoms with Crippen LogP contribution in [0, 0.1) is 0 Å². The molecule has 26 heavy (non-hydrogen) atoms. The quantitative estimate of drug-likeness (QED) is 0.201. The van der Waals surface area contributed by atoms with E-state index in [9.17, 15) is 4.79 Å². The first kappa shape index (κ1) is 24.9. The minimum Gasteiger partial charge on any atom is -0.463 e. The Balaban J connectivity index is 3.34. The van der Waals surface area contributed by atoms with Gasteiger partial charge in [0.15, 0.2) is 0 Å². The molecule has 0 spiro atoms. The minimum absolute atomic E-state index is 0.132. The predicted molar refractivity (Wildman–Crippen MR) is 108 cm³/mol. The van der Waals surface area contributed by atoms with Gasteiger partial charge in [-0.1, -0.05) is 82.6 Å². The summed E-state index contributed by atoms with van der Waals surface area (Å²) < 4.78 is 4.83. The third-order valence-corrected chi connectivity index (χ3v) is 4.26. The van der Waals surface area contributed by atoms with Crippen molar-refractivity contribution >= 4 is 5.97 Å². The Labute approximate surface area is 160 Å². The highest BCUT2D eigenvalue weighted by atomic mass is 16.5. The standard InChI is InChI=1S/C22H40O4/c1-2-3-4-5-6-7-8-9-10-11-12-13-14-15-16-17-18-22(25)26-20-21(24)19-23/h12-15,21,23-24H,2-11,16-20H2,1H3/b13-12+,15-14+. The molecule has 1 unspecified atom stereocenters. The van der Waals surface area contributed by atoms with Crippen molar-refractivity contribution in [2.24, 2.45) is 0 Å². The zero-order chi connectivity index (χ0) is 19.3. The first-order valence-corrected chi connectivity index (χ1v) is 10.5. The second-order valence-corrected chi connectivity index (χ2v) is 6.89. The molecule has 4 nitrogen and oxygen atoms in total. The number of carbonyl (C=O) groups is 1. The summed E-state index contributed by atoms with van der Waals surface area (Å²) in [5.74, 6) is -0.327. The average molecular weight is 369 g/mol. The number of allylic oxidation sites excluding steroid dienone is 4. The highest BCUT2D eigenvalue weighted by Gasteiger charge is 2.06. The summed E-state index contributed by atoms with van der Waals surface area (Å²) in [5, 5.41) is 17.7. The summed E-state index contributed by atoms with van der Waals surface area (Å²) in [5.41, 5.74) is 0. The van der Waals surface area contributed by atoms with Gasteiger partial charge in [0.25, 0.3) is 0 Å². The molecule has 2 N–H and O–H groups in total. The van der Waals surface area contributed by atoms with Gasteiger partial charge in [-0.25, -0.2) is 0 Å². The lowest BCUT2D eigenvalue weighted by Gasteiger charge is -2.07. The molecule has 152 valence electrons. The maximum absolute atomic E-state index is 11.4. The van der Waals surface area contributed by atoms with Crippen molar-refractivity contribution in [2.75, 3.05) is 13.2 Å². The fourth-order valence-corrected chi connectivity index (χ4v) is 2.60. The highest BCUT2D eigenvalue weighted by Crippen LogP contribution is 2.10. The Morgan fingerprint density at radius 2 is 1.42 bits per heavy atom. The summed E-state index contributed by atoms with van der Waals surface area (Å²) in [6.07, 6.45) is 22.7. The maximum Gasteiger partial charge on any atom is 0.305 e. The van der Waals surface area contributed by atoms with Crippen LogP contribution in [-0.2, 0) is 9.53 Å². The van der Waals surface area contributed by atoms with Crippen molar-refractivity contribution in [1.29, 1.82) is 0 Å². The second-order valence-electron chi connectivity index (χ2n) is 6.89. The van der Waals surface area contributed by atoms with Crippen molar-refractivity contribution in [3.05, 3.63) is 24.3 Å². The van der Waals surface area contributed by atoms with Crippen molar-refractivity contribution in [3.63, 3.8) is 0 Å². The number of aliphatic hydroxyl groups is 2. The van der Waals surface area contributed by atoms with Crippen LogP contribution in [-0.4, -0.2) is 35.5 Å². The van der Waals surface area contributed by atoms with E-state index in [1.54, 1.807) is 0 Å². The van der Waals surface area contributed by atoms with Crippen LogP contribution < -0.4 is 0 Å². The molecule has 0 aromatic rings. The molecule has 0 aromatic heterocycles. The van der Waals surface area contributed by atoms with E-state index in [0.717, 1.165) is 19.3 Å². The Morgan fingerprint density at radius 3 is 2.00 bits per heavy atom. The molecule has 0 aliphatic rings. The predicted octanol–water partition coefficient (Wildman–Crippen LogP) is 5.09. The van der Waals surface area contributed by atoms with Crippen LogP contribution in [0.2, 0.25) is 0 Å². The topological polar surface area (TPSA) is 66.8 Å².